The van der Waals surface area contributed by atoms with E-state index in [1.54, 1.807) is 47.1 Å². The van der Waals surface area contributed by atoms with Crippen molar-refractivity contribution in [3.63, 3.8) is 0 Å². The van der Waals surface area contributed by atoms with Gasteiger partial charge in [0.2, 0.25) is 5.16 Å². The first-order chi connectivity index (χ1) is 14.2. The molecule has 6 aromatic rings. The van der Waals surface area contributed by atoms with Crippen LogP contribution in [0.4, 0.5) is 0 Å². The van der Waals surface area contributed by atoms with Crippen LogP contribution in [0.3, 0.4) is 0 Å². The van der Waals surface area contributed by atoms with Crippen LogP contribution in [0, 0.1) is 13.8 Å². The van der Waals surface area contributed by atoms with Gasteiger partial charge in [-0.15, -0.1) is 32.9 Å². The largest absolute Gasteiger partial charge is 0.259 e. The standard InChI is InChI=1S/C18H12N8S3/c1-9-13(10(2)26(24-9)16-14-11(3-5-27-14)19-7-20-16)29-18-23-22-17-15-12(4-6-28-15)21-8-25(17)18/h3-8H,1-2H3. The first kappa shape index (κ1) is 17.0. The van der Waals surface area contributed by atoms with E-state index in [1.165, 1.54) is 0 Å². The fraction of sp³-hybridized carbons (Fsp3) is 0.111. The third-order valence-corrected chi connectivity index (χ3v) is 7.72. The molecule has 0 saturated heterocycles. The molecule has 0 spiro atoms. The van der Waals surface area contributed by atoms with Crippen molar-refractivity contribution in [1.82, 2.24) is 39.3 Å². The lowest BCUT2D eigenvalue weighted by molar-refractivity contribution is 0.810. The summed E-state index contributed by atoms with van der Waals surface area (Å²) in [7, 11) is 0. The summed E-state index contributed by atoms with van der Waals surface area (Å²) in [6.45, 7) is 4.04. The molecular weight excluding hydrogens is 424 g/mol. The number of thiophene rings is 2. The minimum Gasteiger partial charge on any atom is -0.259 e. The van der Waals surface area contributed by atoms with Gasteiger partial charge >= 0.3 is 0 Å². The maximum atomic E-state index is 4.75. The second-order valence-corrected chi connectivity index (χ2v) is 9.21. The van der Waals surface area contributed by atoms with Gasteiger partial charge in [-0.1, -0.05) is 0 Å². The first-order valence-corrected chi connectivity index (χ1v) is 11.3. The quantitative estimate of drug-likeness (QED) is 0.409. The second-order valence-electron chi connectivity index (χ2n) is 6.40. The van der Waals surface area contributed by atoms with Gasteiger partial charge in [-0.05, 0) is 48.5 Å². The Morgan fingerprint density at radius 1 is 0.931 bits per heavy atom. The summed E-state index contributed by atoms with van der Waals surface area (Å²) in [5, 5.41) is 18.4. The summed E-state index contributed by atoms with van der Waals surface area (Å²) in [6.07, 6.45) is 3.36. The SMILES string of the molecule is Cc1nn(-c2ncnc3ccsc23)c(C)c1Sc1nnc2c3sccc3ncn12. The number of rotatable bonds is 3. The summed E-state index contributed by atoms with van der Waals surface area (Å²) >= 11 is 4.78. The lowest BCUT2D eigenvalue weighted by atomic mass is 10.4. The van der Waals surface area contributed by atoms with E-state index in [0.29, 0.717) is 0 Å². The highest BCUT2D eigenvalue weighted by Crippen LogP contribution is 2.35. The number of aryl methyl sites for hydroxylation is 1. The van der Waals surface area contributed by atoms with E-state index >= 15 is 0 Å². The number of aromatic nitrogens is 8. The molecule has 0 bridgehead atoms. The number of nitrogens with zero attached hydrogens (tertiary/aromatic N) is 8. The topological polar surface area (TPSA) is 86.7 Å². The van der Waals surface area contributed by atoms with Gasteiger partial charge in [-0.2, -0.15) is 5.10 Å². The summed E-state index contributed by atoms with van der Waals surface area (Å²) in [6, 6.07) is 3.99. The molecule has 0 aromatic carbocycles. The normalized spacial score (nSPS) is 11.9. The van der Waals surface area contributed by atoms with E-state index in [-0.39, 0.29) is 0 Å². The third-order valence-electron chi connectivity index (χ3n) is 4.67. The van der Waals surface area contributed by atoms with E-state index in [2.05, 4.69) is 25.1 Å². The summed E-state index contributed by atoms with van der Waals surface area (Å²) < 4.78 is 5.88. The number of fused-ring (bicyclic) bond motifs is 4. The monoisotopic (exact) mass is 436 g/mol. The number of hydrogen-bond donors (Lipinski definition) is 0. The minimum absolute atomic E-state index is 0.762. The fourth-order valence-corrected chi connectivity index (χ4v) is 5.85. The molecule has 6 aromatic heterocycles. The van der Waals surface area contributed by atoms with Crippen molar-refractivity contribution in [1.29, 1.82) is 0 Å². The van der Waals surface area contributed by atoms with Gasteiger partial charge < -0.3 is 0 Å². The Kier molecular flexibility index (Phi) is 3.70. The Morgan fingerprint density at radius 3 is 2.59 bits per heavy atom. The van der Waals surface area contributed by atoms with Crippen molar-refractivity contribution in [3.05, 3.63) is 46.9 Å². The molecule has 0 aliphatic rings. The molecule has 11 heteroatoms. The van der Waals surface area contributed by atoms with Gasteiger partial charge in [-0.25, -0.2) is 19.6 Å². The van der Waals surface area contributed by atoms with E-state index < -0.39 is 0 Å². The second kappa shape index (κ2) is 6.31. The van der Waals surface area contributed by atoms with Gasteiger partial charge in [0.15, 0.2) is 11.5 Å². The van der Waals surface area contributed by atoms with E-state index in [4.69, 9.17) is 5.10 Å². The summed E-state index contributed by atoms with van der Waals surface area (Å²) in [5.41, 5.74) is 4.61. The molecule has 0 amide bonds. The molecule has 6 rings (SSSR count). The highest BCUT2D eigenvalue weighted by atomic mass is 32.2. The zero-order valence-corrected chi connectivity index (χ0v) is 17.7. The molecule has 8 nitrogen and oxygen atoms in total. The van der Waals surface area contributed by atoms with E-state index in [1.807, 2.05) is 45.8 Å². The van der Waals surface area contributed by atoms with E-state index in [0.717, 1.165) is 53.3 Å². The van der Waals surface area contributed by atoms with Gasteiger partial charge in [0.05, 0.1) is 36.7 Å². The molecule has 0 N–H and O–H groups in total. The smallest absolute Gasteiger partial charge is 0.201 e. The van der Waals surface area contributed by atoms with Crippen molar-refractivity contribution in [3.8, 4) is 5.82 Å². The van der Waals surface area contributed by atoms with Crippen LogP contribution in [0.15, 0.2) is 45.6 Å². The van der Waals surface area contributed by atoms with Crippen molar-refractivity contribution >= 4 is 60.5 Å². The minimum atomic E-state index is 0.762. The molecule has 0 aliphatic heterocycles. The Morgan fingerprint density at radius 2 is 1.72 bits per heavy atom. The van der Waals surface area contributed by atoms with Crippen LogP contribution in [0.25, 0.3) is 31.9 Å². The summed E-state index contributed by atoms with van der Waals surface area (Å²) in [5.74, 6) is 0.797. The zero-order chi connectivity index (χ0) is 19.5. The fourth-order valence-electron chi connectivity index (χ4n) is 3.30. The molecule has 0 atom stereocenters. The third kappa shape index (κ3) is 2.51. The van der Waals surface area contributed by atoms with Crippen LogP contribution in [0.1, 0.15) is 11.4 Å². The van der Waals surface area contributed by atoms with Gasteiger partial charge in [0.25, 0.3) is 0 Å². The van der Waals surface area contributed by atoms with Gasteiger partial charge in [0, 0.05) is 0 Å². The van der Waals surface area contributed by atoms with Crippen molar-refractivity contribution < 1.29 is 0 Å². The Balaban J connectivity index is 1.47. The van der Waals surface area contributed by atoms with E-state index in [9.17, 15) is 0 Å². The van der Waals surface area contributed by atoms with Crippen LogP contribution < -0.4 is 0 Å². The van der Waals surface area contributed by atoms with Crippen LogP contribution in [0.5, 0.6) is 0 Å². The zero-order valence-electron chi connectivity index (χ0n) is 15.3. The van der Waals surface area contributed by atoms with Crippen molar-refractivity contribution in [2.45, 2.75) is 23.9 Å². The maximum Gasteiger partial charge on any atom is 0.201 e. The van der Waals surface area contributed by atoms with Crippen LogP contribution in [0.2, 0.25) is 0 Å². The summed E-state index contributed by atoms with van der Waals surface area (Å²) in [4.78, 5) is 14.4. The first-order valence-electron chi connectivity index (χ1n) is 8.70. The Bertz CT molecular complexity index is 1520. The number of hydrogen-bond acceptors (Lipinski definition) is 9. The Labute approximate surface area is 176 Å². The average Bonchev–Trinajstić information content (AvgIpc) is 3.50. The maximum absolute atomic E-state index is 4.75. The lowest BCUT2D eigenvalue weighted by Gasteiger charge is -2.05. The molecule has 0 unspecified atom stereocenters. The predicted octanol–water partition coefficient (Wildman–Crippen LogP) is 4.30. The van der Waals surface area contributed by atoms with Gasteiger partial charge in [-0.3, -0.25) is 4.40 Å². The average molecular weight is 437 g/mol. The molecule has 0 aliphatic carbocycles. The van der Waals surface area contributed by atoms with Crippen LogP contribution in [-0.2, 0) is 0 Å². The lowest BCUT2D eigenvalue weighted by Crippen LogP contribution is -2.02. The molecule has 0 radical (unpaired) electrons. The van der Waals surface area contributed by atoms with Crippen molar-refractivity contribution in [2.75, 3.05) is 0 Å². The predicted molar refractivity (Wildman–Crippen MR) is 114 cm³/mol. The molecular formula is C18H12N8S3. The highest BCUT2D eigenvalue weighted by molar-refractivity contribution is 7.99. The molecule has 0 saturated carbocycles. The highest BCUT2D eigenvalue weighted by Gasteiger charge is 2.20. The van der Waals surface area contributed by atoms with Crippen LogP contribution in [-0.4, -0.2) is 39.3 Å². The molecule has 6 heterocycles. The molecule has 0 fully saturated rings. The van der Waals surface area contributed by atoms with Crippen molar-refractivity contribution in [2.24, 2.45) is 0 Å². The Hall–Kier alpha value is -2.89. The molecule has 142 valence electrons. The van der Waals surface area contributed by atoms with Gasteiger partial charge in [0.1, 0.15) is 12.7 Å². The van der Waals surface area contributed by atoms with Crippen LogP contribution >= 0.6 is 34.4 Å². The molecule has 29 heavy (non-hydrogen) atoms.